The van der Waals surface area contributed by atoms with Gasteiger partial charge in [-0.3, -0.25) is 0 Å². The first kappa shape index (κ1) is 27.9. The minimum Gasteiger partial charge on any atom is -0.0619 e. The summed E-state index contributed by atoms with van der Waals surface area (Å²) < 4.78 is 0. The Morgan fingerprint density at radius 1 is 0.286 bits per heavy atom. The van der Waals surface area contributed by atoms with Crippen LogP contribution in [0, 0.1) is 75.1 Å². The maximum atomic E-state index is 3.34. The second-order valence-electron chi connectivity index (χ2n) is 10.3. The van der Waals surface area contributed by atoms with Crippen molar-refractivity contribution in [2.45, 2.75) is 27.7 Å². The van der Waals surface area contributed by atoms with Crippen LogP contribution in [0.4, 0.5) is 0 Å². The maximum Gasteiger partial charge on any atom is 0.0281 e. The van der Waals surface area contributed by atoms with E-state index in [1.165, 1.54) is 11.1 Å². The van der Waals surface area contributed by atoms with Crippen LogP contribution in [0.2, 0.25) is 0 Å². The van der Waals surface area contributed by atoms with Crippen LogP contribution in [-0.4, -0.2) is 0 Å². The van der Waals surface area contributed by atoms with Crippen LogP contribution in [-0.2, 0) is 0 Å². The van der Waals surface area contributed by atoms with E-state index in [-0.39, 0.29) is 0 Å². The van der Waals surface area contributed by atoms with Crippen molar-refractivity contribution in [3.8, 4) is 47.4 Å². The molecular formula is C42H30. The van der Waals surface area contributed by atoms with Crippen LogP contribution in [0.25, 0.3) is 0 Å². The zero-order valence-corrected chi connectivity index (χ0v) is 24.4. The van der Waals surface area contributed by atoms with E-state index in [2.05, 4.69) is 99.3 Å². The first-order valence-corrected chi connectivity index (χ1v) is 14.0. The Balaban J connectivity index is 1.26. The van der Waals surface area contributed by atoms with E-state index in [1.54, 1.807) is 0 Å². The van der Waals surface area contributed by atoms with E-state index in [0.717, 1.165) is 55.6 Å². The number of hydrogen-bond donors (Lipinski definition) is 0. The van der Waals surface area contributed by atoms with Gasteiger partial charge < -0.3 is 0 Å². The number of hydrogen-bond acceptors (Lipinski definition) is 0. The largest absolute Gasteiger partial charge is 0.0619 e. The van der Waals surface area contributed by atoms with Crippen molar-refractivity contribution in [3.05, 3.63) is 176 Å². The van der Waals surface area contributed by atoms with Gasteiger partial charge in [0.05, 0.1) is 0 Å². The molecule has 0 N–H and O–H groups in total. The predicted molar refractivity (Wildman–Crippen MR) is 175 cm³/mol. The summed E-state index contributed by atoms with van der Waals surface area (Å²) in [5.74, 6) is 26.3. The molecule has 0 unspecified atom stereocenters. The van der Waals surface area contributed by atoms with Gasteiger partial charge in [-0.25, -0.2) is 0 Å². The summed E-state index contributed by atoms with van der Waals surface area (Å²) in [7, 11) is 0. The third-order valence-electron chi connectivity index (χ3n) is 7.00. The number of aryl methyl sites for hydroxylation is 4. The van der Waals surface area contributed by atoms with Crippen LogP contribution >= 0.6 is 0 Å². The third kappa shape index (κ3) is 7.29. The van der Waals surface area contributed by atoms with Gasteiger partial charge in [0.25, 0.3) is 0 Å². The van der Waals surface area contributed by atoms with E-state index in [9.17, 15) is 0 Å². The van der Waals surface area contributed by atoms with Crippen LogP contribution in [0.5, 0.6) is 0 Å². The fraction of sp³-hybridized carbons (Fsp3) is 0.0952. The minimum atomic E-state index is 0.962. The fourth-order valence-electron chi connectivity index (χ4n) is 4.34. The van der Waals surface area contributed by atoms with Crippen molar-refractivity contribution in [1.82, 2.24) is 0 Å². The lowest BCUT2D eigenvalue weighted by Gasteiger charge is -2.04. The molecule has 0 saturated heterocycles. The number of rotatable bonds is 0. The molecule has 0 aromatic heterocycles. The molecule has 0 aliphatic rings. The molecule has 0 atom stereocenters. The molecule has 0 spiro atoms. The molecule has 0 fully saturated rings. The highest BCUT2D eigenvalue weighted by Gasteiger charge is 2.02. The summed E-state index contributed by atoms with van der Waals surface area (Å²) in [6.45, 7) is 8.32. The molecule has 0 heterocycles. The van der Waals surface area contributed by atoms with E-state index < -0.39 is 0 Å². The molecule has 0 nitrogen and oxygen atoms in total. The highest BCUT2D eigenvalue weighted by atomic mass is 14.0. The first-order chi connectivity index (χ1) is 20.4. The van der Waals surface area contributed by atoms with Crippen molar-refractivity contribution in [1.29, 1.82) is 0 Å². The molecule has 5 aromatic rings. The molecule has 5 aromatic carbocycles. The molecule has 42 heavy (non-hydrogen) atoms. The monoisotopic (exact) mass is 534 g/mol. The van der Waals surface area contributed by atoms with Gasteiger partial charge in [-0.15, -0.1) is 0 Å². The molecule has 0 aliphatic heterocycles. The van der Waals surface area contributed by atoms with Gasteiger partial charge in [-0.2, -0.15) is 0 Å². The van der Waals surface area contributed by atoms with Gasteiger partial charge in [0.2, 0.25) is 0 Å². The minimum absolute atomic E-state index is 0.962. The number of benzene rings is 5. The van der Waals surface area contributed by atoms with Gasteiger partial charge in [-0.05, 0) is 123 Å². The summed E-state index contributed by atoms with van der Waals surface area (Å²) in [4.78, 5) is 0. The Morgan fingerprint density at radius 3 is 0.881 bits per heavy atom. The molecule has 0 amide bonds. The second-order valence-corrected chi connectivity index (χ2v) is 10.3. The first-order valence-electron chi connectivity index (χ1n) is 14.0. The fourth-order valence-corrected chi connectivity index (χ4v) is 4.34. The molecule has 198 valence electrons. The second kappa shape index (κ2) is 13.1. The summed E-state index contributed by atoms with van der Waals surface area (Å²) in [5, 5.41) is 0. The highest BCUT2D eigenvalue weighted by Crippen LogP contribution is 2.16. The highest BCUT2D eigenvalue weighted by molar-refractivity contribution is 5.56. The van der Waals surface area contributed by atoms with Crippen LogP contribution in [0.1, 0.15) is 66.8 Å². The van der Waals surface area contributed by atoms with E-state index in [4.69, 9.17) is 0 Å². The van der Waals surface area contributed by atoms with Crippen LogP contribution < -0.4 is 0 Å². The van der Waals surface area contributed by atoms with Gasteiger partial charge in [0.15, 0.2) is 0 Å². The van der Waals surface area contributed by atoms with Crippen molar-refractivity contribution in [2.75, 3.05) is 0 Å². The molecule has 0 aliphatic carbocycles. The molecular weight excluding hydrogens is 504 g/mol. The quantitative estimate of drug-likeness (QED) is 0.175. The molecule has 0 radical (unpaired) electrons. The Hall–Kier alpha value is -5.66. The average molecular weight is 535 g/mol. The van der Waals surface area contributed by atoms with E-state index in [1.807, 2.05) is 84.9 Å². The molecule has 0 heteroatoms. The lowest BCUT2D eigenvalue weighted by Crippen LogP contribution is -1.90. The lowest BCUT2D eigenvalue weighted by molar-refractivity contribution is 1.35. The summed E-state index contributed by atoms with van der Waals surface area (Å²) in [5.41, 5.74) is 12.6. The smallest absolute Gasteiger partial charge is 0.0281 e. The predicted octanol–water partition coefficient (Wildman–Crippen LogP) is 8.52. The van der Waals surface area contributed by atoms with Crippen molar-refractivity contribution in [3.63, 3.8) is 0 Å². The van der Waals surface area contributed by atoms with E-state index >= 15 is 0 Å². The van der Waals surface area contributed by atoms with Crippen LogP contribution in [0.3, 0.4) is 0 Å². The topological polar surface area (TPSA) is 0 Å². The Kier molecular flexibility index (Phi) is 8.72. The lowest BCUT2D eigenvalue weighted by atomic mass is 9.99. The van der Waals surface area contributed by atoms with Crippen molar-refractivity contribution >= 4 is 0 Å². The van der Waals surface area contributed by atoms with E-state index in [0.29, 0.717) is 0 Å². The normalized spacial score (nSPS) is 9.62. The molecule has 0 saturated carbocycles. The van der Waals surface area contributed by atoms with Gasteiger partial charge in [0.1, 0.15) is 0 Å². The Labute approximate surface area is 250 Å². The SMILES string of the molecule is Cc1ccccc1C#Cc1ccc(C#Cc2cc(C)c(C#Cc3ccc(C#Cc4ccccc4C)cc3)cc2C)cc1. The van der Waals surface area contributed by atoms with Gasteiger partial charge >= 0.3 is 0 Å². The average Bonchev–Trinajstić information content (AvgIpc) is 3.01. The van der Waals surface area contributed by atoms with Crippen molar-refractivity contribution < 1.29 is 0 Å². The molecule has 5 rings (SSSR count). The van der Waals surface area contributed by atoms with Crippen molar-refractivity contribution in [2.24, 2.45) is 0 Å². The van der Waals surface area contributed by atoms with Gasteiger partial charge in [0, 0.05) is 44.5 Å². The summed E-state index contributed by atoms with van der Waals surface area (Å²) in [6, 6.07) is 36.8. The summed E-state index contributed by atoms with van der Waals surface area (Å²) in [6.07, 6.45) is 0. The maximum absolute atomic E-state index is 3.34. The Bertz CT molecular complexity index is 1860. The van der Waals surface area contributed by atoms with Gasteiger partial charge in [-0.1, -0.05) is 83.8 Å². The standard InChI is InChI=1S/C42H30/c1-31-9-5-7-11-39(31)25-21-35-13-17-37(18-14-35)23-27-41-29-34(4)42(30-33(41)3)28-24-38-19-15-36(16-20-38)22-26-40-12-8-6-10-32(40)2/h5-20,29-30H,1-4H3. The Morgan fingerprint density at radius 2 is 0.571 bits per heavy atom. The third-order valence-corrected chi connectivity index (χ3v) is 7.00. The zero-order valence-electron chi connectivity index (χ0n) is 24.4. The zero-order chi connectivity index (χ0) is 29.3. The summed E-state index contributed by atoms with van der Waals surface area (Å²) >= 11 is 0. The van der Waals surface area contributed by atoms with Crippen LogP contribution in [0.15, 0.2) is 109 Å². The molecule has 0 bridgehead atoms.